The maximum Gasteiger partial charge on any atom is 0.240 e. The second-order valence-corrected chi connectivity index (χ2v) is 6.66. The van der Waals surface area contributed by atoms with E-state index in [0.717, 1.165) is 0 Å². The van der Waals surface area contributed by atoms with Gasteiger partial charge in [0.05, 0.1) is 4.90 Å². The van der Waals surface area contributed by atoms with Crippen LogP contribution in [-0.4, -0.2) is 34.1 Å². The largest absolute Gasteiger partial charge is 0.385 e. The standard InChI is InChI=1S/C14H22N2O4S/c1-11(2)16-21(18,19)13-8-6-12(7-9-13)15-14(17)5-4-10-20-3/h6-9,11,16H,4-5,10H2,1-3H3,(H,15,17). The van der Waals surface area contributed by atoms with Crippen molar-refractivity contribution in [3.05, 3.63) is 24.3 Å². The minimum Gasteiger partial charge on any atom is -0.385 e. The molecule has 0 aliphatic rings. The van der Waals surface area contributed by atoms with Gasteiger partial charge in [0.1, 0.15) is 0 Å². The van der Waals surface area contributed by atoms with Crippen molar-refractivity contribution in [3.8, 4) is 0 Å². The lowest BCUT2D eigenvalue weighted by atomic mass is 10.2. The Morgan fingerprint density at radius 3 is 2.38 bits per heavy atom. The number of carbonyl (C=O) groups is 1. The van der Waals surface area contributed by atoms with Crippen molar-refractivity contribution in [2.24, 2.45) is 0 Å². The zero-order valence-corrected chi connectivity index (χ0v) is 13.4. The number of nitrogens with one attached hydrogen (secondary N) is 2. The minimum absolute atomic E-state index is 0.122. The number of ether oxygens (including phenoxy) is 1. The predicted octanol–water partition coefficient (Wildman–Crippen LogP) is 1.74. The highest BCUT2D eigenvalue weighted by atomic mass is 32.2. The molecular formula is C14H22N2O4S. The van der Waals surface area contributed by atoms with Crippen LogP contribution in [0.2, 0.25) is 0 Å². The van der Waals surface area contributed by atoms with Crippen molar-refractivity contribution in [1.82, 2.24) is 4.72 Å². The highest BCUT2D eigenvalue weighted by molar-refractivity contribution is 7.89. The molecule has 0 heterocycles. The molecule has 0 fully saturated rings. The van der Waals surface area contributed by atoms with Gasteiger partial charge in [-0.05, 0) is 44.5 Å². The van der Waals surface area contributed by atoms with Gasteiger partial charge in [-0.15, -0.1) is 0 Å². The molecule has 2 N–H and O–H groups in total. The van der Waals surface area contributed by atoms with Crippen LogP contribution in [0.5, 0.6) is 0 Å². The summed E-state index contributed by atoms with van der Waals surface area (Å²) in [5.74, 6) is -0.122. The third-order valence-electron chi connectivity index (χ3n) is 2.59. The maximum atomic E-state index is 11.9. The van der Waals surface area contributed by atoms with Gasteiger partial charge in [-0.1, -0.05) is 0 Å². The normalized spacial score (nSPS) is 11.6. The smallest absolute Gasteiger partial charge is 0.240 e. The second kappa shape index (κ2) is 8.11. The van der Waals surface area contributed by atoms with E-state index in [4.69, 9.17) is 4.74 Å². The Morgan fingerprint density at radius 2 is 1.86 bits per heavy atom. The van der Waals surface area contributed by atoms with Crippen LogP contribution in [0.3, 0.4) is 0 Å². The van der Waals surface area contributed by atoms with Gasteiger partial charge in [-0.25, -0.2) is 13.1 Å². The molecule has 0 spiro atoms. The third-order valence-corrected chi connectivity index (χ3v) is 4.27. The van der Waals surface area contributed by atoms with Crippen molar-refractivity contribution in [3.63, 3.8) is 0 Å². The number of anilines is 1. The van der Waals surface area contributed by atoms with Crippen molar-refractivity contribution < 1.29 is 17.9 Å². The van der Waals surface area contributed by atoms with Crippen LogP contribution in [0.15, 0.2) is 29.2 Å². The van der Waals surface area contributed by atoms with Crippen LogP contribution in [0.4, 0.5) is 5.69 Å². The Morgan fingerprint density at radius 1 is 1.24 bits per heavy atom. The zero-order valence-electron chi connectivity index (χ0n) is 12.5. The Hall–Kier alpha value is -1.44. The highest BCUT2D eigenvalue weighted by Gasteiger charge is 2.15. The van der Waals surface area contributed by atoms with Gasteiger partial charge in [-0.3, -0.25) is 4.79 Å². The lowest BCUT2D eigenvalue weighted by molar-refractivity contribution is -0.116. The number of sulfonamides is 1. The second-order valence-electron chi connectivity index (χ2n) is 4.94. The molecule has 1 aromatic carbocycles. The highest BCUT2D eigenvalue weighted by Crippen LogP contribution is 2.14. The molecule has 0 unspecified atom stereocenters. The van der Waals surface area contributed by atoms with Crippen LogP contribution in [0.1, 0.15) is 26.7 Å². The van der Waals surface area contributed by atoms with E-state index in [-0.39, 0.29) is 16.8 Å². The van der Waals surface area contributed by atoms with E-state index < -0.39 is 10.0 Å². The lowest BCUT2D eigenvalue weighted by Crippen LogP contribution is -2.30. The number of benzene rings is 1. The third kappa shape index (κ3) is 6.24. The summed E-state index contributed by atoms with van der Waals surface area (Å²) in [6, 6.07) is 5.91. The molecule has 0 radical (unpaired) electrons. The molecule has 0 saturated carbocycles. The van der Waals surface area contributed by atoms with Gasteiger partial charge in [0.15, 0.2) is 0 Å². The number of hydrogen-bond donors (Lipinski definition) is 2. The SMILES string of the molecule is COCCCC(=O)Nc1ccc(S(=O)(=O)NC(C)C)cc1. The van der Waals surface area contributed by atoms with E-state index in [1.54, 1.807) is 33.1 Å². The molecule has 1 aromatic rings. The van der Waals surface area contributed by atoms with Gasteiger partial charge in [0.2, 0.25) is 15.9 Å². The Labute approximate surface area is 125 Å². The summed E-state index contributed by atoms with van der Waals surface area (Å²) >= 11 is 0. The lowest BCUT2D eigenvalue weighted by Gasteiger charge is -2.10. The minimum atomic E-state index is -3.50. The first-order valence-corrected chi connectivity index (χ1v) is 8.24. The number of rotatable bonds is 8. The number of methoxy groups -OCH3 is 1. The summed E-state index contributed by atoms with van der Waals surface area (Å²) in [6.45, 7) is 4.05. The molecule has 0 aliphatic carbocycles. The summed E-state index contributed by atoms with van der Waals surface area (Å²) in [5.41, 5.74) is 0.570. The van der Waals surface area contributed by atoms with E-state index in [0.29, 0.717) is 25.1 Å². The molecule has 1 amide bonds. The first-order valence-electron chi connectivity index (χ1n) is 6.76. The molecule has 21 heavy (non-hydrogen) atoms. The fourth-order valence-corrected chi connectivity index (χ4v) is 2.95. The molecule has 0 aliphatic heterocycles. The van der Waals surface area contributed by atoms with Crippen LogP contribution in [0.25, 0.3) is 0 Å². The molecule has 0 atom stereocenters. The first-order chi connectivity index (χ1) is 9.85. The van der Waals surface area contributed by atoms with E-state index in [2.05, 4.69) is 10.0 Å². The van der Waals surface area contributed by atoms with Crippen LogP contribution < -0.4 is 10.0 Å². The van der Waals surface area contributed by atoms with Gasteiger partial charge in [0, 0.05) is 31.9 Å². The van der Waals surface area contributed by atoms with Crippen molar-refractivity contribution >= 4 is 21.6 Å². The van der Waals surface area contributed by atoms with Gasteiger partial charge in [-0.2, -0.15) is 0 Å². The average Bonchev–Trinajstić information content (AvgIpc) is 2.38. The van der Waals surface area contributed by atoms with Crippen LogP contribution >= 0.6 is 0 Å². The molecule has 0 aromatic heterocycles. The summed E-state index contributed by atoms with van der Waals surface area (Å²) in [7, 11) is -1.92. The van der Waals surface area contributed by atoms with E-state index in [1.807, 2.05) is 0 Å². The first kappa shape index (κ1) is 17.6. The van der Waals surface area contributed by atoms with Crippen LogP contribution in [-0.2, 0) is 19.6 Å². The molecular weight excluding hydrogens is 292 g/mol. The van der Waals surface area contributed by atoms with Crippen molar-refractivity contribution in [2.75, 3.05) is 19.0 Å². The molecule has 1 rings (SSSR count). The molecule has 0 saturated heterocycles. The predicted molar refractivity (Wildman–Crippen MR) is 81.6 cm³/mol. The Balaban J connectivity index is 2.64. The fraction of sp³-hybridized carbons (Fsp3) is 0.500. The summed E-state index contributed by atoms with van der Waals surface area (Å²) in [4.78, 5) is 11.8. The summed E-state index contributed by atoms with van der Waals surface area (Å²) < 4.78 is 31.3. The van der Waals surface area contributed by atoms with Gasteiger partial charge in [0.25, 0.3) is 0 Å². The van der Waals surface area contributed by atoms with Crippen molar-refractivity contribution in [1.29, 1.82) is 0 Å². The Kier molecular flexibility index (Phi) is 6.80. The van der Waals surface area contributed by atoms with Gasteiger partial charge < -0.3 is 10.1 Å². The monoisotopic (exact) mass is 314 g/mol. The number of amides is 1. The van der Waals surface area contributed by atoms with Crippen LogP contribution in [0, 0.1) is 0 Å². The molecule has 6 nitrogen and oxygen atoms in total. The van der Waals surface area contributed by atoms with E-state index in [1.165, 1.54) is 12.1 Å². The fourth-order valence-electron chi connectivity index (χ4n) is 1.70. The van der Waals surface area contributed by atoms with Crippen molar-refractivity contribution in [2.45, 2.75) is 37.6 Å². The Bertz CT molecular complexity index is 553. The number of carbonyl (C=O) groups excluding carboxylic acids is 1. The van der Waals surface area contributed by atoms with E-state index in [9.17, 15) is 13.2 Å². The maximum absolute atomic E-state index is 11.9. The van der Waals surface area contributed by atoms with E-state index >= 15 is 0 Å². The average molecular weight is 314 g/mol. The molecule has 7 heteroatoms. The quantitative estimate of drug-likeness (QED) is 0.716. The summed E-state index contributed by atoms with van der Waals surface area (Å²) in [5, 5.41) is 2.71. The summed E-state index contributed by atoms with van der Waals surface area (Å²) in [6.07, 6.45) is 1.01. The topological polar surface area (TPSA) is 84.5 Å². The van der Waals surface area contributed by atoms with Gasteiger partial charge >= 0.3 is 0 Å². The zero-order chi connectivity index (χ0) is 15.9. The molecule has 118 valence electrons. The number of hydrogen-bond acceptors (Lipinski definition) is 4. The molecule has 0 bridgehead atoms.